The number of carbonyl (C=O) groups excluding carboxylic acids is 3. The normalized spacial score (nSPS) is 13.3. The molecular formula is C31H36ClN9O3. The number of hydrogen-bond donors (Lipinski definition) is 6. The van der Waals surface area contributed by atoms with Gasteiger partial charge in [-0.25, -0.2) is 9.59 Å². The number of benzene rings is 3. The monoisotopic (exact) mass is 617 g/mol. The molecule has 3 aromatic carbocycles. The number of urea groups is 2. The Bertz CT molecular complexity index is 1450. The molecule has 0 aliphatic carbocycles. The molecule has 2 aliphatic rings. The molecule has 230 valence electrons. The lowest BCUT2D eigenvalue weighted by molar-refractivity contribution is 0.0773. The Morgan fingerprint density at radius 2 is 1.07 bits per heavy atom. The molecule has 12 nitrogen and oxygen atoms in total. The molecule has 0 radical (unpaired) electrons. The quantitative estimate of drug-likeness (QED) is 0.208. The lowest BCUT2D eigenvalue weighted by Gasteiger charge is -2.20. The van der Waals surface area contributed by atoms with Crippen LogP contribution in [-0.4, -0.2) is 73.8 Å². The van der Waals surface area contributed by atoms with E-state index in [0.717, 1.165) is 49.0 Å². The SMILES string of the molecule is CCN(CC)C(=O)c1cc(NC(=O)Nc2ccc(C3=NCCN3)cc2)cc(NC(=O)Nc2ccc(C3=NCCN3)cc2)c1.Cl. The highest BCUT2D eigenvalue weighted by Crippen LogP contribution is 2.22. The molecule has 0 saturated carbocycles. The number of anilines is 4. The van der Waals surface area contributed by atoms with E-state index in [4.69, 9.17) is 0 Å². The number of rotatable bonds is 9. The Hall–Kier alpha value is -5.10. The molecule has 6 N–H and O–H groups in total. The van der Waals surface area contributed by atoms with Gasteiger partial charge in [0.1, 0.15) is 11.7 Å². The van der Waals surface area contributed by atoms with Crippen LogP contribution in [0, 0.1) is 0 Å². The van der Waals surface area contributed by atoms with Crippen LogP contribution in [0.2, 0.25) is 0 Å². The Labute approximate surface area is 262 Å². The summed E-state index contributed by atoms with van der Waals surface area (Å²) in [6.07, 6.45) is 0. The maximum atomic E-state index is 13.2. The standard InChI is InChI=1S/C31H35N9O3.ClH/c1-3-40(4-2)29(41)22-17-25(38-30(42)36-23-9-5-20(6-10-23)27-32-13-14-33-27)19-26(18-22)39-31(43)37-24-11-7-21(8-12-24)28-34-15-16-35-28;/h5-12,17-19H,3-4,13-16H2,1-2H3,(H,32,33)(H,34,35)(H2,36,38,42)(H2,37,39,43);1H. The molecule has 0 atom stereocenters. The highest BCUT2D eigenvalue weighted by molar-refractivity contribution is 6.06. The number of carbonyl (C=O) groups is 3. The van der Waals surface area contributed by atoms with E-state index in [1.165, 1.54) is 0 Å². The molecule has 0 fully saturated rings. The highest BCUT2D eigenvalue weighted by Gasteiger charge is 2.17. The van der Waals surface area contributed by atoms with Crippen molar-refractivity contribution in [3.63, 3.8) is 0 Å². The molecule has 0 saturated heterocycles. The van der Waals surface area contributed by atoms with Crippen molar-refractivity contribution in [3.8, 4) is 0 Å². The first kappa shape index (κ1) is 31.8. The smallest absolute Gasteiger partial charge is 0.323 e. The van der Waals surface area contributed by atoms with E-state index in [-0.39, 0.29) is 18.3 Å². The van der Waals surface area contributed by atoms with Crippen LogP contribution in [0.3, 0.4) is 0 Å². The maximum Gasteiger partial charge on any atom is 0.323 e. The molecule has 44 heavy (non-hydrogen) atoms. The average molecular weight is 618 g/mol. The Kier molecular flexibility index (Phi) is 10.8. The summed E-state index contributed by atoms with van der Waals surface area (Å²) in [5.41, 5.74) is 4.10. The summed E-state index contributed by atoms with van der Waals surface area (Å²) in [5, 5.41) is 17.6. The van der Waals surface area contributed by atoms with Gasteiger partial charge in [0.15, 0.2) is 0 Å². The Morgan fingerprint density at radius 1 is 0.659 bits per heavy atom. The molecule has 0 spiro atoms. The largest absolute Gasteiger partial charge is 0.368 e. The van der Waals surface area contributed by atoms with Gasteiger partial charge in [-0.3, -0.25) is 14.8 Å². The topological polar surface area (TPSA) is 151 Å². The average Bonchev–Trinajstić information content (AvgIpc) is 3.74. The minimum Gasteiger partial charge on any atom is -0.368 e. The van der Waals surface area contributed by atoms with Gasteiger partial charge in [-0.1, -0.05) is 0 Å². The Morgan fingerprint density at radius 3 is 1.43 bits per heavy atom. The number of hydrogen-bond acceptors (Lipinski definition) is 7. The number of aliphatic imine (C=N–C) groups is 2. The van der Waals surface area contributed by atoms with E-state index in [2.05, 4.69) is 41.9 Å². The summed E-state index contributed by atoms with van der Waals surface area (Å²) in [6, 6.07) is 18.5. The predicted octanol–water partition coefficient (Wildman–Crippen LogP) is 4.58. The van der Waals surface area contributed by atoms with Crippen LogP contribution in [-0.2, 0) is 0 Å². The second-order valence-corrected chi connectivity index (χ2v) is 9.90. The first-order chi connectivity index (χ1) is 20.9. The lowest BCUT2D eigenvalue weighted by atomic mass is 10.1. The number of nitrogens with one attached hydrogen (secondary N) is 6. The van der Waals surface area contributed by atoms with Crippen molar-refractivity contribution in [2.24, 2.45) is 9.98 Å². The van der Waals surface area contributed by atoms with Gasteiger partial charge in [-0.05, 0) is 80.6 Å². The molecule has 3 aromatic rings. The zero-order chi connectivity index (χ0) is 30.2. The molecule has 0 aromatic heterocycles. The van der Waals surface area contributed by atoms with Crippen LogP contribution in [0.5, 0.6) is 0 Å². The van der Waals surface area contributed by atoms with Crippen molar-refractivity contribution in [1.29, 1.82) is 0 Å². The van der Waals surface area contributed by atoms with E-state index in [9.17, 15) is 14.4 Å². The van der Waals surface area contributed by atoms with Gasteiger partial charge in [0, 0.05) is 65.6 Å². The van der Waals surface area contributed by atoms with Crippen LogP contribution in [0.25, 0.3) is 0 Å². The fourth-order valence-corrected chi connectivity index (χ4v) is 4.78. The molecular weight excluding hydrogens is 582 g/mol. The third-order valence-corrected chi connectivity index (χ3v) is 6.93. The Balaban J connectivity index is 0.00000442. The highest BCUT2D eigenvalue weighted by atomic mass is 35.5. The third-order valence-electron chi connectivity index (χ3n) is 6.93. The van der Waals surface area contributed by atoms with Gasteiger partial charge < -0.3 is 36.8 Å². The number of amides is 5. The van der Waals surface area contributed by atoms with Crippen LogP contribution < -0.4 is 31.9 Å². The molecule has 0 unspecified atom stereocenters. The fourth-order valence-electron chi connectivity index (χ4n) is 4.78. The molecule has 0 bridgehead atoms. The van der Waals surface area contributed by atoms with Gasteiger partial charge in [-0.15, -0.1) is 12.4 Å². The molecule has 5 rings (SSSR count). The second kappa shape index (κ2) is 14.9. The van der Waals surface area contributed by atoms with Crippen LogP contribution >= 0.6 is 12.4 Å². The van der Waals surface area contributed by atoms with Gasteiger partial charge in [0.25, 0.3) is 5.91 Å². The minimum atomic E-state index is -0.492. The van der Waals surface area contributed by atoms with E-state index in [1.54, 1.807) is 47.4 Å². The van der Waals surface area contributed by atoms with Gasteiger partial charge >= 0.3 is 12.1 Å². The molecule has 13 heteroatoms. The first-order valence-corrected chi connectivity index (χ1v) is 14.3. The second-order valence-electron chi connectivity index (χ2n) is 9.90. The summed E-state index contributed by atoms with van der Waals surface area (Å²) in [4.78, 5) is 49.4. The maximum absolute atomic E-state index is 13.2. The summed E-state index contributed by atoms with van der Waals surface area (Å²) in [5.74, 6) is 1.46. The van der Waals surface area contributed by atoms with Crippen LogP contribution in [0.1, 0.15) is 35.3 Å². The van der Waals surface area contributed by atoms with Crippen molar-refractivity contribution in [3.05, 3.63) is 83.4 Å². The molecule has 2 aliphatic heterocycles. The van der Waals surface area contributed by atoms with Gasteiger partial charge in [0.05, 0.1) is 13.1 Å². The number of halogens is 1. The van der Waals surface area contributed by atoms with Gasteiger partial charge in [0.2, 0.25) is 0 Å². The van der Waals surface area contributed by atoms with E-state index in [1.807, 2.05) is 38.1 Å². The predicted molar refractivity (Wildman–Crippen MR) is 178 cm³/mol. The summed E-state index contributed by atoms with van der Waals surface area (Å²) in [6.45, 7) is 7.94. The van der Waals surface area contributed by atoms with Gasteiger partial charge in [-0.2, -0.15) is 0 Å². The lowest BCUT2D eigenvalue weighted by Crippen LogP contribution is -2.30. The van der Waals surface area contributed by atoms with Crippen LogP contribution in [0.15, 0.2) is 76.7 Å². The third kappa shape index (κ3) is 8.04. The summed E-state index contributed by atoms with van der Waals surface area (Å²) in [7, 11) is 0. The fraction of sp³-hybridized carbons (Fsp3) is 0.258. The first-order valence-electron chi connectivity index (χ1n) is 14.3. The molecule has 2 heterocycles. The summed E-state index contributed by atoms with van der Waals surface area (Å²) < 4.78 is 0. The summed E-state index contributed by atoms with van der Waals surface area (Å²) >= 11 is 0. The van der Waals surface area contributed by atoms with Crippen molar-refractivity contribution >= 4 is 64.8 Å². The van der Waals surface area contributed by atoms with Crippen LogP contribution in [0.4, 0.5) is 32.3 Å². The van der Waals surface area contributed by atoms with E-state index >= 15 is 0 Å². The number of nitrogens with zero attached hydrogens (tertiary/aromatic N) is 3. The van der Waals surface area contributed by atoms with Crippen molar-refractivity contribution in [2.45, 2.75) is 13.8 Å². The zero-order valence-electron chi connectivity index (χ0n) is 24.6. The van der Waals surface area contributed by atoms with Crippen molar-refractivity contribution < 1.29 is 14.4 Å². The minimum absolute atomic E-state index is 0. The zero-order valence-corrected chi connectivity index (χ0v) is 25.4. The molecule has 5 amide bonds. The van der Waals surface area contributed by atoms with Crippen molar-refractivity contribution in [2.75, 3.05) is 60.5 Å². The van der Waals surface area contributed by atoms with E-state index < -0.39 is 12.1 Å². The number of amidine groups is 2. The van der Waals surface area contributed by atoms with Crippen molar-refractivity contribution in [1.82, 2.24) is 15.5 Å². The van der Waals surface area contributed by atoms with E-state index in [0.29, 0.717) is 41.4 Å².